The maximum Gasteiger partial charge on any atom is 1.00 e. The number of aromatic nitrogens is 1. The van der Waals surface area contributed by atoms with Crippen molar-refractivity contribution in [3.05, 3.63) is 95.1 Å². The van der Waals surface area contributed by atoms with Crippen molar-refractivity contribution in [3.8, 4) is 16.3 Å². The number of thiophene rings is 1. The number of nitrogens with zero attached hydrogens (tertiary/aromatic N) is 1. The van der Waals surface area contributed by atoms with Gasteiger partial charge in [0.2, 0.25) is 0 Å². The quantitative estimate of drug-likeness (QED) is 0.369. The van der Waals surface area contributed by atoms with Crippen LogP contribution in [0.4, 0.5) is 0 Å². The fraction of sp³-hybridized carbons (Fsp3) is 0.143. The number of ether oxygens (including phenoxy) is 1. The molecule has 3 aromatic carbocycles. The number of pyridine rings is 1. The first-order valence-corrected chi connectivity index (χ1v) is 11.8. The maximum atomic E-state index is 12.3. The Morgan fingerprint density at radius 2 is 1.77 bits per heavy atom. The molecule has 170 valence electrons. The predicted octanol–water partition coefficient (Wildman–Crippen LogP) is 2.21. The largest absolute Gasteiger partial charge is 1.00 e. The molecule has 0 spiro atoms. The Bertz CT molecular complexity index is 1530. The standard InChI is InChI=1S/C28H23NO4S.Na/c1-16-12-13-22(33-23(15-30)18-8-4-3-5-9-18)25-20(28(31)32)14-21(29-26(16)25)27-17(2)19-10-6-7-11-24(19)34-27;/h3-14,23,30H,15H2,1-2H3,(H,31,32);/q;+1/p-1/t23-;/m0./s1. The van der Waals surface area contributed by atoms with E-state index in [1.165, 1.54) is 0 Å². The molecule has 5 aromatic rings. The summed E-state index contributed by atoms with van der Waals surface area (Å²) in [5, 5.41) is 23.8. The number of carboxylic acid groups (broad SMARTS) is 1. The van der Waals surface area contributed by atoms with Crippen LogP contribution in [0, 0.1) is 13.8 Å². The van der Waals surface area contributed by atoms with E-state index < -0.39 is 12.1 Å². The number of carboxylic acids is 1. The van der Waals surface area contributed by atoms with Gasteiger partial charge in [0.05, 0.1) is 34.1 Å². The average Bonchev–Trinajstić information content (AvgIpc) is 3.20. The van der Waals surface area contributed by atoms with E-state index in [2.05, 4.69) is 6.07 Å². The molecule has 0 bridgehead atoms. The third-order valence-corrected chi connectivity index (χ3v) is 7.32. The van der Waals surface area contributed by atoms with Crippen LogP contribution < -0.4 is 39.4 Å². The molecular weight excluding hydrogens is 469 g/mol. The minimum absolute atomic E-state index is 0. The maximum absolute atomic E-state index is 12.3. The van der Waals surface area contributed by atoms with Crippen LogP contribution in [0.5, 0.6) is 5.75 Å². The van der Waals surface area contributed by atoms with Gasteiger partial charge in [-0.15, -0.1) is 11.3 Å². The van der Waals surface area contributed by atoms with Crippen molar-refractivity contribution in [1.82, 2.24) is 4.98 Å². The van der Waals surface area contributed by atoms with Gasteiger partial charge < -0.3 is 19.7 Å². The fourth-order valence-corrected chi connectivity index (χ4v) is 5.44. The molecule has 0 saturated heterocycles. The summed E-state index contributed by atoms with van der Waals surface area (Å²) in [7, 11) is 0. The second-order valence-electron chi connectivity index (χ2n) is 8.20. The van der Waals surface area contributed by atoms with Crippen LogP contribution in [0.3, 0.4) is 0 Å². The van der Waals surface area contributed by atoms with Crippen molar-refractivity contribution in [2.45, 2.75) is 20.0 Å². The van der Waals surface area contributed by atoms with Gasteiger partial charge in [0.15, 0.2) is 0 Å². The van der Waals surface area contributed by atoms with E-state index in [4.69, 9.17) is 9.72 Å². The molecule has 2 heterocycles. The van der Waals surface area contributed by atoms with Gasteiger partial charge in [-0.05, 0) is 54.1 Å². The molecule has 0 radical (unpaired) electrons. The van der Waals surface area contributed by atoms with Crippen molar-refractivity contribution in [2.24, 2.45) is 0 Å². The number of aryl methyl sites for hydroxylation is 2. The van der Waals surface area contributed by atoms with Gasteiger partial charge in [0.1, 0.15) is 11.9 Å². The molecule has 0 aliphatic carbocycles. The normalized spacial score (nSPS) is 11.9. The van der Waals surface area contributed by atoms with Crippen molar-refractivity contribution in [2.75, 3.05) is 6.61 Å². The molecule has 7 heteroatoms. The Labute approximate surface area is 229 Å². The summed E-state index contributed by atoms with van der Waals surface area (Å²) in [6.07, 6.45) is -0.647. The Balaban J connectivity index is 0.00000289. The Morgan fingerprint density at radius 3 is 2.46 bits per heavy atom. The molecule has 2 aromatic heterocycles. The molecule has 0 saturated carbocycles. The van der Waals surface area contributed by atoms with Gasteiger partial charge in [-0.25, -0.2) is 4.98 Å². The minimum Gasteiger partial charge on any atom is -0.545 e. The zero-order valence-corrected chi connectivity index (χ0v) is 22.6. The molecule has 0 aliphatic rings. The van der Waals surface area contributed by atoms with Crippen LogP contribution in [0.15, 0.2) is 72.8 Å². The van der Waals surface area contributed by atoms with E-state index in [1.54, 1.807) is 23.5 Å². The second-order valence-corrected chi connectivity index (χ2v) is 9.25. The molecule has 0 amide bonds. The Kier molecular flexibility index (Phi) is 7.59. The van der Waals surface area contributed by atoms with Crippen molar-refractivity contribution < 1.29 is 49.3 Å². The first-order chi connectivity index (χ1) is 16.5. The predicted molar refractivity (Wildman–Crippen MR) is 133 cm³/mol. The molecule has 1 N–H and O–H groups in total. The first kappa shape index (κ1) is 25.4. The molecule has 5 nitrogen and oxygen atoms in total. The number of benzene rings is 3. The SMILES string of the molecule is Cc1c(-c2cc(C(=O)[O-])c3c(O[C@@H](CO)c4ccccc4)ccc(C)c3n2)sc2ccccc12.[Na+]. The van der Waals surface area contributed by atoms with Crippen LogP contribution in [-0.4, -0.2) is 22.7 Å². The van der Waals surface area contributed by atoms with E-state index in [-0.39, 0.29) is 41.7 Å². The number of aromatic carboxylic acids is 1. The zero-order valence-electron chi connectivity index (χ0n) is 19.7. The second kappa shape index (κ2) is 10.5. The van der Waals surface area contributed by atoms with Crippen LogP contribution in [0.1, 0.15) is 33.2 Å². The van der Waals surface area contributed by atoms with Crippen LogP contribution >= 0.6 is 11.3 Å². The summed E-state index contributed by atoms with van der Waals surface area (Å²) in [4.78, 5) is 18.1. The van der Waals surface area contributed by atoms with Crippen LogP contribution in [-0.2, 0) is 0 Å². The van der Waals surface area contributed by atoms with Gasteiger partial charge in [0.25, 0.3) is 0 Å². The van der Waals surface area contributed by atoms with Crippen molar-refractivity contribution in [3.63, 3.8) is 0 Å². The van der Waals surface area contributed by atoms with E-state index in [9.17, 15) is 15.0 Å². The number of aliphatic hydroxyl groups excluding tert-OH is 1. The summed E-state index contributed by atoms with van der Waals surface area (Å²) in [5.74, 6) is -0.960. The minimum atomic E-state index is -1.30. The molecule has 5 rings (SSSR count). The van der Waals surface area contributed by atoms with Crippen molar-refractivity contribution >= 4 is 38.3 Å². The zero-order chi connectivity index (χ0) is 23.8. The van der Waals surface area contributed by atoms with Crippen molar-refractivity contribution in [1.29, 1.82) is 0 Å². The fourth-order valence-electron chi connectivity index (χ4n) is 4.27. The molecule has 35 heavy (non-hydrogen) atoms. The van der Waals surface area contributed by atoms with Gasteiger partial charge in [-0.1, -0.05) is 54.6 Å². The molecule has 0 aliphatic heterocycles. The third-order valence-electron chi connectivity index (χ3n) is 6.03. The van der Waals surface area contributed by atoms with E-state index in [0.29, 0.717) is 22.3 Å². The summed E-state index contributed by atoms with van der Waals surface area (Å²) in [6.45, 7) is 3.66. The molecule has 0 fully saturated rings. The Hall–Kier alpha value is -2.74. The van der Waals surface area contributed by atoms with E-state index in [1.807, 2.05) is 68.4 Å². The summed E-state index contributed by atoms with van der Waals surface area (Å²) in [5.41, 5.74) is 3.82. The molecular formula is C28H22NNaO4S. The third kappa shape index (κ3) is 4.73. The number of aliphatic hydroxyl groups is 1. The number of hydrogen-bond donors (Lipinski definition) is 1. The number of carbonyl (C=O) groups is 1. The van der Waals surface area contributed by atoms with E-state index >= 15 is 0 Å². The van der Waals surface area contributed by atoms with Crippen LogP contribution in [0.25, 0.3) is 31.6 Å². The van der Waals surface area contributed by atoms with Gasteiger partial charge in [-0.2, -0.15) is 0 Å². The average molecular weight is 492 g/mol. The first-order valence-electron chi connectivity index (χ1n) is 10.9. The monoisotopic (exact) mass is 491 g/mol. The van der Waals surface area contributed by atoms with Gasteiger partial charge in [0, 0.05) is 10.3 Å². The van der Waals surface area contributed by atoms with Crippen LogP contribution in [0.2, 0.25) is 0 Å². The number of fused-ring (bicyclic) bond motifs is 2. The van der Waals surface area contributed by atoms with Gasteiger partial charge >= 0.3 is 29.6 Å². The smallest absolute Gasteiger partial charge is 0.545 e. The topological polar surface area (TPSA) is 82.5 Å². The molecule has 0 unspecified atom stereocenters. The van der Waals surface area contributed by atoms with Gasteiger partial charge in [-0.3, -0.25) is 0 Å². The summed E-state index contributed by atoms with van der Waals surface area (Å²) < 4.78 is 7.27. The summed E-state index contributed by atoms with van der Waals surface area (Å²) in [6, 6.07) is 22.6. The molecule has 1 atom stereocenters. The van der Waals surface area contributed by atoms with E-state index in [0.717, 1.165) is 31.7 Å². The number of hydrogen-bond acceptors (Lipinski definition) is 6. The Morgan fingerprint density at radius 1 is 1.06 bits per heavy atom. The summed E-state index contributed by atoms with van der Waals surface area (Å²) >= 11 is 1.59. The number of rotatable bonds is 6. The number of carbonyl (C=O) groups excluding carboxylic acids is 1.